The van der Waals surface area contributed by atoms with Crippen molar-refractivity contribution in [1.29, 1.82) is 0 Å². The number of ether oxygens (including phenoxy) is 1. The SMILES string of the molecule is CCOC(=O)[C@@H](C)N.Cl. The fraction of sp³-hybridized carbons (Fsp3) is 0.800. The highest BCUT2D eigenvalue weighted by Crippen LogP contribution is 1.80. The van der Waals surface area contributed by atoms with Gasteiger partial charge in [0.25, 0.3) is 0 Å². The smallest absolute Gasteiger partial charge is 0.322 e. The van der Waals surface area contributed by atoms with Crippen LogP contribution in [0.5, 0.6) is 0 Å². The maximum atomic E-state index is 10.4. The summed E-state index contributed by atoms with van der Waals surface area (Å²) in [6.45, 7) is 3.75. The summed E-state index contributed by atoms with van der Waals surface area (Å²) >= 11 is 0. The highest BCUT2D eigenvalue weighted by atomic mass is 35.5. The maximum absolute atomic E-state index is 10.4. The number of rotatable bonds is 2. The lowest BCUT2D eigenvalue weighted by Gasteiger charge is -2.02. The van der Waals surface area contributed by atoms with E-state index in [0.717, 1.165) is 0 Å². The Labute approximate surface area is 61.0 Å². The lowest BCUT2D eigenvalue weighted by molar-refractivity contribution is -0.144. The van der Waals surface area contributed by atoms with Gasteiger partial charge in [-0.15, -0.1) is 12.4 Å². The molecule has 0 radical (unpaired) electrons. The molecule has 0 heterocycles. The minimum Gasteiger partial charge on any atom is -0.465 e. The highest BCUT2D eigenvalue weighted by Gasteiger charge is 2.05. The van der Waals surface area contributed by atoms with Crippen LogP contribution in [-0.2, 0) is 9.53 Å². The van der Waals surface area contributed by atoms with Gasteiger partial charge in [0.2, 0.25) is 0 Å². The third-order valence-electron chi connectivity index (χ3n) is 0.658. The summed E-state index contributed by atoms with van der Waals surface area (Å²) in [7, 11) is 0. The number of nitrogens with two attached hydrogens (primary N) is 1. The molecular formula is C5H12ClNO2. The van der Waals surface area contributed by atoms with Gasteiger partial charge < -0.3 is 10.5 Å². The van der Waals surface area contributed by atoms with Crippen LogP contribution in [0.15, 0.2) is 0 Å². The Balaban J connectivity index is 0. The van der Waals surface area contributed by atoms with Crippen LogP contribution in [-0.4, -0.2) is 18.6 Å². The zero-order valence-electron chi connectivity index (χ0n) is 5.59. The van der Waals surface area contributed by atoms with Crippen molar-refractivity contribution in [2.75, 3.05) is 6.61 Å². The molecule has 0 fully saturated rings. The molecule has 0 aliphatic rings. The number of hydrogen-bond acceptors (Lipinski definition) is 3. The third-order valence-corrected chi connectivity index (χ3v) is 0.658. The number of carbonyl (C=O) groups is 1. The minimum absolute atomic E-state index is 0. The van der Waals surface area contributed by atoms with Gasteiger partial charge in [0.1, 0.15) is 6.04 Å². The van der Waals surface area contributed by atoms with Crippen LogP contribution in [0.1, 0.15) is 13.8 Å². The predicted octanol–water partition coefficient (Wildman–Crippen LogP) is 0.318. The summed E-state index contributed by atoms with van der Waals surface area (Å²) in [6.07, 6.45) is 0. The van der Waals surface area contributed by atoms with Gasteiger partial charge in [-0.3, -0.25) is 4.79 Å². The first-order valence-electron chi connectivity index (χ1n) is 2.60. The van der Waals surface area contributed by atoms with E-state index >= 15 is 0 Å². The topological polar surface area (TPSA) is 52.3 Å². The first kappa shape index (κ1) is 11.5. The molecule has 0 amide bonds. The summed E-state index contributed by atoms with van der Waals surface area (Å²) in [4.78, 5) is 10.4. The fourth-order valence-corrected chi connectivity index (χ4v) is 0.274. The van der Waals surface area contributed by atoms with Crippen LogP contribution in [0, 0.1) is 0 Å². The third kappa shape index (κ3) is 5.59. The Kier molecular flexibility index (Phi) is 7.48. The second kappa shape index (κ2) is 5.85. The molecule has 9 heavy (non-hydrogen) atoms. The number of esters is 1. The van der Waals surface area contributed by atoms with Crippen molar-refractivity contribution in [3.05, 3.63) is 0 Å². The van der Waals surface area contributed by atoms with Crippen molar-refractivity contribution >= 4 is 18.4 Å². The zero-order chi connectivity index (χ0) is 6.57. The second-order valence-corrected chi connectivity index (χ2v) is 1.54. The molecule has 56 valence electrons. The molecule has 0 aliphatic heterocycles. The standard InChI is InChI=1S/C5H11NO2.ClH/c1-3-8-5(7)4(2)6;/h4H,3,6H2,1-2H3;1H/t4-;/m1./s1. The highest BCUT2D eigenvalue weighted by molar-refractivity contribution is 5.85. The average molecular weight is 154 g/mol. The van der Waals surface area contributed by atoms with E-state index in [1.54, 1.807) is 13.8 Å². The van der Waals surface area contributed by atoms with E-state index in [4.69, 9.17) is 5.73 Å². The Morgan fingerprint density at radius 3 is 2.33 bits per heavy atom. The molecule has 0 unspecified atom stereocenters. The lowest BCUT2D eigenvalue weighted by Crippen LogP contribution is -2.28. The van der Waals surface area contributed by atoms with E-state index < -0.39 is 6.04 Å². The molecule has 1 atom stereocenters. The fourth-order valence-electron chi connectivity index (χ4n) is 0.274. The van der Waals surface area contributed by atoms with Gasteiger partial charge in [0.15, 0.2) is 0 Å². The van der Waals surface area contributed by atoms with Gasteiger partial charge in [-0.05, 0) is 13.8 Å². The first-order chi connectivity index (χ1) is 3.68. The average Bonchev–Trinajstić information content (AvgIpc) is 1.67. The molecule has 2 N–H and O–H groups in total. The molecule has 3 nitrogen and oxygen atoms in total. The van der Waals surface area contributed by atoms with Crippen LogP contribution in [0.3, 0.4) is 0 Å². The van der Waals surface area contributed by atoms with Crippen molar-refractivity contribution in [3.63, 3.8) is 0 Å². The van der Waals surface area contributed by atoms with Gasteiger partial charge in [-0.25, -0.2) is 0 Å². The molecule has 0 aromatic rings. The van der Waals surface area contributed by atoms with Crippen molar-refractivity contribution in [3.8, 4) is 0 Å². The van der Waals surface area contributed by atoms with E-state index in [9.17, 15) is 4.79 Å². The molecule has 0 aromatic heterocycles. The van der Waals surface area contributed by atoms with Crippen molar-refractivity contribution < 1.29 is 9.53 Å². The van der Waals surface area contributed by atoms with E-state index in [1.165, 1.54) is 0 Å². The van der Waals surface area contributed by atoms with E-state index in [0.29, 0.717) is 6.61 Å². The minimum atomic E-state index is -0.491. The van der Waals surface area contributed by atoms with E-state index in [-0.39, 0.29) is 18.4 Å². The largest absolute Gasteiger partial charge is 0.465 e. The first-order valence-corrected chi connectivity index (χ1v) is 2.60. The molecule has 4 heteroatoms. The van der Waals surface area contributed by atoms with Gasteiger partial charge in [-0.2, -0.15) is 0 Å². The van der Waals surface area contributed by atoms with E-state index in [1.807, 2.05) is 0 Å². The van der Waals surface area contributed by atoms with Gasteiger partial charge in [0.05, 0.1) is 6.61 Å². The number of hydrogen-bond donors (Lipinski definition) is 1. The quantitative estimate of drug-likeness (QED) is 0.582. The van der Waals surface area contributed by atoms with Gasteiger partial charge in [-0.1, -0.05) is 0 Å². The van der Waals surface area contributed by atoms with E-state index in [2.05, 4.69) is 4.74 Å². The lowest BCUT2D eigenvalue weighted by atomic mass is 10.4. The Morgan fingerprint density at radius 2 is 2.22 bits per heavy atom. The monoisotopic (exact) mass is 153 g/mol. The summed E-state index contributed by atoms with van der Waals surface area (Å²) in [5.41, 5.74) is 5.15. The summed E-state index contributed by atoms with van der Waals surface area (Å²) in [6, 6.07) is -0.491. The van der Waals surface area contributed by atoms with Crippen LogP contribution in [0.4, 0.5) is 0 Å². The number of halogens is 1. The number of carbonyl (C=O) groups excluding carboxylic acids is 1. The molecular weight excluding hydrogens is 142 g/mol. The second-order valence-electron chi connectivity index (χ2n) is 1.54. The zero-order valence-corrected chi connectivity index (χ0v) is 6.40. The Hall–Kier alpha value is -0.280. The molecule has 0 aromatic carbocycles. The van der Waals surface area contributed by atoms with Crippen molar-refractivity contribution in [2.45, 2.75) is 19.9 Å². The predicted molar refractivity (Wildman–Crippen MR) is 37.5 cm³/mol. The van der Waals surface area contributed by atoms with Crippen LogP contribution in [0.25, 0.3) is 0 Å². The van der Waals surface area contributed by atoms with Crippen LogP contribution in [0.2, 0.25) is 0 Å². The summed E-state index contributed by atoms with van der Waals surface area (Å²) in [5.74, 6) is -0.340. The summed E-state index contributed by atoms with van der Waals surface area (Å²) in [5, 5.41) is 0. The van der Waals surface area contributed by atoms with Crippen molar-refractivity contribution in [2.24, 2.45) is 5.73 Å². The Bertz CT molecular complexity index is 85.0. The van der Waals surface area contributed by atoms with Crippen LogP contribution < -0.4 is 5.73 Å². The normalized spacial score (nSPS) is 11.4. The van der Waals surface area contributed by atoms with Crippen molar-refractivity contribution in [1.82, 2.24) is 0 Å². The molecule has 0 rings (SSSR count). The van der Waals surface area contributed by atoms with Gasteiger partial charge >= 0.3 is 5.97 Å². The summed E-state index contributed by atoms with van der Waals surface area (Å²) < 4.78 is 4.54. The molecule has 0 saturated heterocycles. The van der Waals surface area contributed by atoms with Gasteiger partial charge in [0, 0.05) is 0 Å². The maximum Gasteiger partial charge on any atom is 0.322 e. The molecule has 0 saturated carbocycles. The molecule has 0 spiro atoms. The van der Waals surface area contributed by atoms with Crippen LogP contribution >= 0.6 is 12.4 Å². The Morgan fingerprint density at radius 1 is 1.78 bits per heavy atom. The molecule has 0 aliphatic carbocycles. The molecule has 0 bridgehead atoms.